The van der Waals surface area contributed by atoms with Gasteiger partial charge in [0, 0.05) is 39.9 Å². The van der Waals surface area contributed by atoms with E-state index in [0.717, 1.165) is 30.9 Å². The van der Waals surface area contributed by atoms with Crippen LogP contribution in [0.4, 0.5) is 4.39 Å². The van der Waals surface area contributed by atoms with Crippen molar-refractivity contribution >= 4 is 36.0 Å². The Hall–Kier alpha value is -3.15. The Morgan fingerprint density at radius 3 is 2.89 bits per heavy atom. The number of amides is 1. The van der Waals surface area contributed by atoms with Crippen LogP contribution in [0.2, 0.25) is 25.7 Å². The maximum atomic E-state index is 13.9. The van der Waals surface area contributed by atoms with Crippen LogP contribution in [-0.4, -0.2) is 63.7 Å². The number of fused-ring (bicyclic) bond motifs is 2. The first kappa shape index (κ1) is 26.5. The lowest BCUT2D eigenvalue weighted by molar-refractivity contribution is 0.0711. The van der Waals surface area contributed by atoms with Gasteiger partial charge in [0.05, 0.1) is 29.4 Å². The van der Waals surface area contributed by atoms with Gasteiger partial charge in [0.1, 0.15) is 29.5 Å². The number of aromatic nitrogens is 5. The van der Waals surface area contributed by atoms with Gasteiger partial charge >= 0.3 is 0 Å². The molecule has 11 heteroatoms. The van der Waals surface area contributed by atoms with Crippen LogP contribution in [0.25, 0.3) is 33.5 Å². The molecule has 38 heavy (non-hydrogen) atoms. The predicted octanol–water partition coefficient (Wildman–Crippen LogP) is 4.73. The van der Waals surface area contributed by atoms with Crippen molar-refractivity contribution in [1.29, 1.82) is 0 Å². The van der Waals surface area contributed by atoms with E-state index in [1.165, 1.54) is 12.1 Å². The summed E-state index contributed by atoms with van der Waals surface area (Å²) < 4.78 is 29.0. The van der Waals surface area contributed by atoms with Gasteiger partial charge in [-0.2, -0.15) is 5.10 Å². The van der Waals surface area contributed by atoms with E-state index >= 15 is 0 Å². The van der Waals surface area contributed by atoms with Crippen LogP contribution >= 0.6 is 0 Å². The largest absolute Gasteiger partial charge is 0.376 e. The van der Waals surface area contributed by atoms with Crippen molar-refractivity contribution in [1.82, 2.24) is 29.6 Å². The lowest BCUT2D eigenvalue weighted by atomic mass is 10.1. The molecule has 0 radical (unpaired) electrons. The molecule has 1 fully saturated rings. The fourth-order valence-electron chi connectivity index (χ4n) is 4.77. The van der Waals surface area contributed by atoms with Crippen molar-refractivity contribution in [3.8, 4) is 11.4 Å². The second-order valence-electron chi connectivity index (χ2n) is 11.2. The molecule has 1 unspecified atom stereocenters. The van der Waals surface area contributed by atoms with Gasteiger partial charge in [0.2, 0.25) is 0 Å². The highest BCUT2D eigenvalue weighted by Crippen LogP contribution is 2.29. The number of ether oxygens (including phenoxy) is 2. The van der Waals surface area contributed by atoms with Gasteiger partial charge in [-0.15, -0.1) is 0 Å². The maximum absolute atomic E-state index is 13.9. The molecular weight excluding hydrogens is 503 g/mol. The molecule has 1 aromatic carbocycles. The summed E-state index contributed by atoms with van der Waals surface area (Å²) >= 11 is 0. The summed E-state index contributed by atoms with van der Waals surface area (Å²) in [5.74, 6) is -0.572. The minimum Gasteiger partial charge on any atom is -0.376 e. The highest BCUT2D eigenvalue weighted by atomic mass is 28.3. The molecule has 1 amide bonds. The normalized spacial score (nSPS) is 16.9. The smallest absolute Gasteiger partial charge is 0.255 e. The minimum absolute atomic E-state index is 0.000813. The summed E-state index contributed by atoms with van der Waals surface area (Å²) in [6.45, 7) is 10.5. The first-order chi connectivity index (χ1) is 18.1. The number of aryl methyl sites for hydroxylation is 1. The van der Waals surface area contributed by atoms with Crippen molar-refractivity contribution in [3.63, 3.8) is 0 Å². The topological polar surface area (TPSA) is 96.1 Å². The Kier molecular flexibility index (Phi) is 7.34. The van der Waals surface area contributed by atoms with Crippen molar-refractivity contribution in [2.24, 2.45) is 7.05 Å². The van der Waals surface area contributed by atoms with Gasteiger partial charge in [-0.3, -0.25) is 9.48 Å². The number of hydrogen-bond acceptors (Lipinski definition) is 6. The van der Waals surface area contributed by atoms with Crippen LogP contribution in [0.3, 0.4) is 0 Å². The van der Waals surface area contributed by atoms with Crippen LogP contribution < -0.4 is 5.32 Å². The zero-order valence-corrected chi connectivity index (χ0v) is 23.6. The van der Waals surface area contributed by atoms with Gasteiger partial charge in [0.15, 0.2) is 5.65 Å². The third kappa shape index (κ3) is 5.50. The molecule has 2 atom stereocenters. The predicted molar refractivity (Wildman–Crippen MR) is 147 cm³/mol. The quantitative estimate of drug-likeness (QED) is 0.244. The van der Waals surface area contributed by atoms with E-state index in [1.54, 1.807) is 30.2 Å². The van der Waals surface area contributed by atoms with Crippen molar-refractivity contribution in [2.75, 3.05) is 13.2 Å². The van der Waals surface area contributed by atoms with Gasteiger partial charge in [-0.25, -0.2) is 14.4 Å². The average molecular weight is 539 g/mol. The van der Waals surface area contributed by atoms with E-state index in [1.807, 2.05) is 11.5 Å². The molecule has 9 nitrogen and oxygen atoms in total. The Balaban J connectivity index is 1.50. The minimum atomic E-state index is -1.23. The lowest BCUT2D eigenvalue weighted by Gasteiger charge is -2.19. The summed E-state index contributed by atoms with van der Waals surface area (Å²) in [7, 11) is 0.528. The van der Waals surface area contributed by atoms with Crippen molar-refractivity contribution in [2.45, 2.75) is 64.3 Å². The standard InChI is InChI=1S/C27H35FN6O3Si/c1-17(23-7-6-10-37-23)30-27(35)20-15-34(16-36-11-12-38(3,4)5)26-25(20)31-21(14-29-26)24-19-9-8-18(28)13-22(19)33(2)32-24/h8-9,13-15,17,23H,6-7,10-12,16H2,1-5H3,(H,30,35)/t17-,23?/m1/s1. The molecule has 0 aliphatic carbocycles. The van der Waals surface area contributed by atoms with Crippen LogP contribution in [0, 0.1) is 5.82 Å². The molecule has 1 saturated heterocycles. The van der Waals surface area contributed by atoms with Gasteiger partial charge in [0.25, 0.3) is 5.91 Å². The van der Waals surface area contributed by atoms with E-state index in [0.29, 0.717) is 40.2 Å². The number of carbonyl (C=O) groups excluding carboxylic acids is 1. The molecule has 1 aliphatic rings. The fraction of sp³-hybridized carbons (Fsp3) is 0.481. The van der Waals surface area contributed by atoms with E-state index in [2.05, 4.69) is 35.0 Å². The van der Waals surface area contributed by atoms with Crippen LogP contribution in [0.5, 0.6) is 0 Å². The number of nitrogens with zero attached hydrogens (tertiary/aromatic N) is 5. The molecule has 4 aromatic rings. The van der Waals surface area contributed by atoms with E-state index in [-0.39, 0.29) is 30.6 Å². The van der Waals surface area contributed by atoms with Gasteiger partial charge in [-0.1, -0.05) is 19.6 Å². The van der Waals surface area contributed by atoms with Crippen molar-refractivity contribution in [3.05, 3.63) is 42.0 Å². The average Bonchev–Trinajstić information content (AvgIpc) is 3.59. The summed E-state index contributed by atoms with van der Waals surface area (Å²) in [6, 6.07) is 5.44. The molecule has 202 valence electrons. The summed E-state index contributed by atoms with van der Waals surface area (Å²) in [4.78, 5) is 23.0. The van der Waals surface area contributed by atoms with Crippen LogP contribution in [0.1, 0.15) is 30.1 Å². The zero-order valence-electron chi connectivity index (χ0n) is 22.6. The Morgan fingerprint density at radius 1 is 1.34 bits per heavy atom. The molecule has 4 heterocycles. The second kappa shape index (κ2) is 10.5. The molecule has 1 aliphatic heterocycles. The Bertz CT molecular complexity index is 1470. The highest BCUT2D eigenvalue weighted by molar-refractivity contribution is 6.76. The van der Waals surface area contributed by atoms with Crippen LogP contribution in [0.15, 0.2) is 30.6 Å². The summed E-state index contributed by atoms with van der Waals surface area (Å²) in [5.41, 5.74) is 3.18. The third-order valence-corrected chi connectivity index (χ3v) is 8.68. The highest BCUT2D eigenvalue weighted by Gasteiger charge is 2.26. The molecule has 3 aromatic heterocycles. The van der Waals surface area contributed by atoms with E-state index in [4.69, 9.17) is 14.5 Å². The molecule has 0 saturated carbocycles. The summed E-state index contributed by atoms with van der Waals surface area (Å²) in [6.07, 6.45) is 5.31. The number of carbonyl (C=O) groups is 1. The number of nitrogens with one attached hydrogen (secondary N) is 1. The Morgan fingerprint density at radius 2 is 2.16 bits per heavy atom. The third-order valence-electron chi connectivity index (χ3n) is 6.97. The number of hydrogen-bond donors (Lipinski definition) is 1. The molecule has 5 rings (SSSR count). The number of benzene rings is 1. The van der Waals surface area contributed by atoms with Gasteiger partial charge < -0.3 is 19.4 Å². The molecule has 0 bridgehead atoms. The molecule has 0 spiro atoms. The first-order valence-corrected chi connectivity index (χ1v) is 16.8. The zero-order chi connectivity index (χ0) is 27.0. The molecular formula is C27H35FN6O3Si. The molecule has 1 N–H and O–H groups in total. The van der Waals surface area contributed by atoms with E-state index in [9.17, 15) is 9.18 Å². The maximum Gasteiger partial charge on any atom is 0.255 e. The van der Waals surface area contributed by atoms with Crippen molar-refractivity contribution < 1.29 is 18.7 Å². The number of rotatable bonds is 9. The second-order valence-corrected chi connectivity index (χ2v) is 16.9. The van der Waals surface area contributed by atoms with Gasteiger partial charge in [-0.05, 0) is 44.0 Å². The SMILES string of the molecule is C[C@@H](NC(=O)c1cn(COCC[Si](C)(C)C)c2ncc(-c3nn(C)c4cc(F)ccc34)nc12)C1CCCO1. The summed E-state index contributed by atoms with van der Waals surface area (Å²) in [5, 5.41) is 8.42. The lowest BCUT2D eigenvalue weighted by Crippen LogP contribution is -2.40. The monoisotopic (exact) mass is 538 g/mol. The first-order valence-electron chi connectivity index (χ1n) is 13.1. The van der Waals surface area contributed by atoms with Crippen LogP contribution in [-0.2, 0) is 23.3 Å². The van der Waals surface area contributed by atoms with E-state index < -0.39 is 8.07 Å². The number of halogens is 1. The Labute approximate surface area is 222 Å². The fourth-order valence-corrected chi connectivity index (χ4v) is 5.52.